The Morgan fingerprint density at radius 2 is 2.18 bits per heavy atom. The molecule has 0 saturated carbocycles. The summed E-state index contributed by atoms with van der Waals surface area (Å²) in [5, 5.41) is 3.54. The first-order valence-corrected chi connectivity index (χ1v) is 4.82. The summed E-state index contributed by atoms with van der Waals surface area (Å²) in [6.07, 6.45) is 10.4. The van der Waals surface area contributed by atoms with Gasteiger partial charge in [0.1, 0.15) is 0 Å². The van der Waals surface area contributed by atoms with Crippen LogP contribution in [0.5, 0.6) is 0 Å². The van der Waals surface area contributed by atoms with Gasteiger partial charge in [-0.25, -0.2) is 0 Å². The Labute approximate surface area is 68.9 Å². The summed E-state index contributed by atoms with van der Waals surface area (Å²) in [5.41, 5.74) is 0. The van der Waals surface area contributed by atoms with Gasteiger partial charge in [-0.3, -0.25) is 0 Å². The van der Waals surface area contributed by atoms with Crippen molar-refractivity contribution >= 4 is 0 Å². The Balaban J connectivity index is 2.07. The summed E-state index contributed by atoms with van der Waals surface area (Å²) in [6, 6.07) is 0. The standard InChI is InChI=1S/C10H17N/c1-3-9-5-2-6-10(4-1)8-11-7-9/h1,3,9-11H,2,4-8H2. The first-order valence-electron chi connectivity index (χ1n) is 4.82. The summed E-state index contributed by atoms with van der Waals surface area (Å²) in [7, 11) is 0. The number of hydrogen-bond acceptors (Lipinski definition) is 1. The minimum absolute atomic E-state index is 0.830. The fraction of sp³-hybridized carbons (Fsp3) is 0.800. The van der Waals surface area contributed by atoms with Gasteiger partial charge in [0.15, 0.2) is 0 Å². The maximum atomic E-state index is 3.54. The Hall–Kier alpha value is -0.300. The average Bonchev–Trinajstić information content (AvgIpc) is 1.80. The van der Waals surface area contributed by atoms with Crippen molar-refractivity contribution in [2.45, 2.75) is 25.7 Å². The third-order valence-electron chi connectivity index (χ3n) is 2.90. The molecule has 0 spiro atoms. The largest absolute Gasteiger partial charge is 0.316 e. The second kappa shape index (κ2) is 3.40. The van der Waals surface area contributed by atoms with Gasteiger partial charge in [-0.15, -0.1) is 0 Å². The maximum absolute atomic E-state index is 3.54. The van der Waals surface area contributed by atoms with E-state index < -0.39 is 0 Å². The van der Waals surface area contributed by atoms with Crippen LogP contribution in [0.3, 0.4) is 0 Å². The van der Waals surface area contributed by atoms with Crippen molar-refractivity contribution in [1.29, 1.82) is 0 Å². The first-order chi connectivity index (χ1) is 5.45. The van der Waals surface area contributed by atoms with Gasteiger partial charge in [-0.2, -0.15) is 0 Å². The molecule has 0 radical (unpaired) electrons. The van der Waals surface area contributed by atoms with Crippen LogP contribution in [-0.2, 0) is 0 Å². The predicted octanol–water partition coefficient (Wildman–Crippen LogP) is 1.95. The lowest BCUT2D eigenvalue weighted by molar-refractivity contribution is 0.352. The molecule has 1 nitrogen and oxygen atoms in total. The van der Waals surface area contributed by atoms with Crippen LogP contribution in [0.25, 0.3) is 0 Å². The molecule has 1 fully saturated rings. The lowest BCUT2D eigenvalue weighted by atomic mass is 9.88. The average molecular weight is 151 g/mol. The molecule has 1 N–H and O–H groups in total. The molecule has 3 aliphatic rings. The Bertz CT molecular complexity index is 141. The zero-order valence-electron chi connectivity index (χ0n) is 7.05. The molecule has 0 aromatic heterocycles. The van der Waals surface area contributed by atoms with Gasteiger partial charge in [0.25, 0.3) is 0 Å². The van der Waals surface area contributed by atoms with Crippen molar-refractivity contribution in [3.8, 4) is 0 Å². The molecule has 0 amide bonds. The van der Waals surface area contributed by atoms with Crippen LogP contribution < -0.4 is 5.32 Å². The molecule has 62 valence electrons. The highest BCUT2D eigenvalue weighted by atomic mass is 14.9. The third kappa shape index (κ3) is 1.84. The molecule has 2 bridgehead atoms. The molecule has 1 aliphatic carbocycles. The molecule has 2 heterocycles. The summed E-state index contributed by atoms with van der Waals surface area (Å²) >= 11 is 0. The summed E-state index contributed by atoms with van der Waals surface area (Å²) in [6.45, 7) is 2.47. The minimum atomic E-state index is 0.830. The van der Waals surface area contributed by atoms with E-state index in [9.17, 15) is 0 Å². The van der Waals surface area contributed by atoms with Gasteiger partial charge in [-0.1, -0.05) is 18.6 Å². The van der Waals surface area contributed by atoms with Crippen molar-refractivity contribution in [2.24, 2.45) is 11.8 Å². The van der Waals surface area contributed by atoms with Crippen molar-refractivity contribution < 1.29 is 0 Å². The van der Waals surface area contributed by atoms with Crippen LogP contribution in [0, 0.1) is 11.8 Å². The second-order valence-electron chi connectivity index (χ2n) is 3.88. The zero-order valence-corrected chi connectivity index (χ0v) is 7.05. The van der Waals surface area contributed by atoms with Gasteiger partial charge in [-0.05, 0) is 37.6 Å². The van der Waals surface area contributed by atoms with Gasteiger partial charge in [0.05, 0.1) is 0 Å². The summed E-state index contributed by atoms with van der Waals surface area (Å²) in [5.74, 6) is 1.75. The monoisotopic (exact) mass is 151 g/mol. The van der Waals surface area contributed by atoms with Gasteiger partial charge in [0.2, 0.25) is 0 Å². The number of hydrogen-bond donors (Lipinski definition) is 1. The Morgan fingerprint density at radius 1 is 1.18 bits per heavy atom. The molecule has 11 heavy (non-hydrogen) atoms. The highest BCUT2D eigenvalue weighted by Crippen LogP contribution is 2.22. The minimum Gasteiger partial charge on any atom is -0.316 e. The molecule has 0 aromatic rings. The van der Waals surface area contributed by atoms with Crippen LogP contribution in [0.4, 0.5) is 0 Å². The van der Waals surface area contributed by atoms with E-state index in [-0.39, 0.29) is 0 Å². The Morgan fingerprint density at radius 3 is 3.18 bits per heavy atom. The van der Waals surface area contributed by atoms with Crippen molar-refractivity contribution in [3.63, 3.8) is 0 Å². The van der Waals surface area contributed by atoms with Crippen molar-refractivity contribution in [3.05, 3.63) is 12.2 Å². The van der Waals surface area contributed by atoms with Gasteiger partial charge >= 0.3 is 0 Å². The van der Waals surface area contributed by atoms with E-state index in [1.54, 1.807) is 0 Å². The third-order valence-corrected chi connectivity index (χ3v) is 2.90. The van der Waals surface area contributed by atoms with Crippen LogP contribution in [0.2, 0.25) is 0 Å². The summed E-state index contributed by atoms with van der Waals surface area (Å²) in [4.78, 5) is 0. The van der Waals surface area contributed by atoms with E-state index in [1.807, 2.05) is 0 Å². The van der Waals surface area contributed by atoms with Crippen LogP contribution >= 0.6 is 0 Å². The number of nitrogens with one attached hydrogen (secondary N) is 1. The molecule has 2 aliphatic heterocycles. The molecule has 1 saturated heterocycles. The van der Waals surface area contributed by atoms with Gasteiger partial charge < -0.3 is 5.32 Å². The molecule has 2 unspecified atom stereocenters. The lowest BCUT2D eigenvalue weighted by Crippen LogP contribution is -2.31. The quantitative estimate of drug-likeness (QED) is 0.522. The Kier molecular flexibility index (Phi) is 2.27. The van der Waals surface area contributed by atoms with Crippen LogP contribution in [-0.4, -0.2) is 13.1 Å². The highest BCUT2D eigenvalue weighted by molar-refractivity contribution is 4.95. The highest BCUT2D eigenvalue weighted by Gasteiger charge is 2.16. The van der Waals surface area contributed by atoms with Crippen LogP contribution in [0.1, 0.15) is 25.7 Å². The first kappa shape index (κ1) is 7.35. The molecular weight excluding hydrogens is 134 g/mol. The second-order valence-corrected chi connectivity index (χ2v) is 3.88. The van der Waals surface area contributed by atoms with E-state index in [0.29, 0.717) is 0 Å². The molecule has 2 atom stereocenters. The molecule has 3 rings (SSSR count). The fourth-order valence-corrected chi connectivity index (χ4v) is 2.17. The number of fused-ring (bicyclic) bond motifs is 5. The normalized spacial score (nSPS) is 37.8. The van der Waals surface area contributed by atoms with E-state index in [2.05, 4.69) is 17.5 Å². The van der Waals surface area contributed by atoms with Crippen molar-refractivity contribution in [1.82, 2.24) is 5.32 Å². The molecular formula is C10H17N. The van der Waals surface area contributed by atoms with Crippen molar-refractivity contribution in [2.75, 3.05) is 13.1 Å². The zero-order chi connectivity index (χ0) is 7.52. The van der Waals surface area contributed by atoms with E-state index >= 15 is 0 Å². The van der Waals surface area contributed by atoms with E-state index in [0.717, 1.165) is 11.8 Å². The molecule has 1 heteroatoms. The van der Waals surface area contributed by atoms with E-state index in [4.69, 9.17) is 0 Å². The topological polar surface area (TPSA) is 12.0 Å². The SMILES string of the molecule is C1=CC2CCCC(C1)CNC2. The molecule has 0 aromatic carbocycles. The fourth-order valence-electron chi connectivity index (χ4n) is 2.17. The lowest BCUT2D eigenvalue weighted by Gasteiger charge is -2.26. The summed E-state index contributed by atoms with van der Waals surface area (Å²) < 4.78 is 0. The predicted molar refractivity (Wildman–Crippen MR) is 47.5 cm³/mol. The number of allylic oxidation sites excluding steroid dienone is 1. The van der Waals surface area contributed by atoms with Crippen LogP contribution in [0.15, 0.2) is 12.2 Å². The maximum Gasteiger partial charge on any atom is 0.00143 e. The van der Waals surface area contributed by atoms with E-state index in [1.165, 1.54) is 38.8 Å². The smallest absolute Gasteiger partial charge is 0.00143 e. The van der Waals surface area contributed by atoms with Gasteiger partial charge in [0, 0.05) is 6.54 Å². The number of rotatable bonds is 0.